The molecule has 74 valence electrons. The lowest BCUT2D eigenvalue weighted by molar-refractivity contribution is -0.111. The van der Waals surface area contributed by atoms with Crippen molar-refractivity contribution in [3.8, 4) is 0 Å². The van der Waals surface area contributed by atoms with Gasteiger partial charge in [-0.3, -0.25) is 4.98 Å². The van der Waals surface area contributed by atoms with Crippen LogP contribution in [-0.2, 0) is 4.79 Å². The van der Waals surface area contributed by atoms with Crippen LogP contribution < -0.4 is 16.6 Å². The zero-order chi connectivity index (χ0) is 9.97. The Balaban J connectivity index is 2.23. The normalized spacial score (nSPS) is 31.6. The van der Waals surface area contributed by atoms with E-state index in [1.165, 1.54) is 0 Å². The molecule has 0 bridgehead atoms. The van der Waals surface area contributed by atoms with Gasteiger partial charge in [0, 0.05) is 12.4 Å². The number of pyridine rings is 1. The van der Waals surface area contributed by atoms with Crippen molar-refractivity contribution in [1.29, 1.82) is 0 Å². The van der Waals surface area contributed by atoms with Crippen LogP contribution in [0.5, 0.6) is 0 Å². The number of carbonyl (C=O) groups excluding carboxylic acids is 1. The van der Waals surface area contributed by atoms with E-state index in [0.717, 1.165) is 11.8 Å². The van der Waals surface area contributed by atoms with Crippen molar-refractivity contribution in [1.82, 2.24) is 15.8 Å². The van der Waals surface area contributed by atoms with Crippen LogP contribution in [-0.4, -0.2) is 17.4 Å². The summed E-state index contributed by atoms with van der Waals surface area (Å²) in [7, 11) is 0. The van der Waals surface area contributed by atoms with Gasteiger partial charge >= 0.3 is 0 Å². The van der Waals surface area contributed by atoms with Gasteiger partial charge in [0.25, 0.3) is 0 Å². The van der Waals surface area contributed by atoms with Crippen molar-refractivity contribution in [2.75, 3.05) is 0 Å². The molecule has 1 aliphatic heterocycles. The molecule has 5 heteroatoms. The zero-order valence-corrected chi connectivity index (χ0v) is 7.55. The first-order valence-electron chi connectivity index (χ1n) is 4.45. The largest absolute Gasteiger partial charge is 0.314 e. The van der Waals surface area contributed by atoms with Crippen LogP contribution in [0.3, 0.4) is 0 Å². The maximum atomic E-state index is 10.8. The lowest BCUT2D eigenvalue weighted by Gasteiger charge is -2.14. The second-order valence-corrected chi connectivity index (χ2v) is 3.29. The third-order valence-electron chi connectivity index (χ3n) is 2.43. The van der Waals surface area contributed by atoms with Gasteiger partial charge < -0.3 is 10.5 Å². The summed E-state index contributed by atoms with van der Waals surface area (Å²) in [5, 5.41) is 0. The highest BCUT2D eigenvalue weighted by Gasteiger charge is 2.33. The molecule has 1 fully saturated rings. The van der Waals surface area contributed by atoms with Crippen LogP contribution >= 0.6 is 0 Å². The molecule has 1 aliphatic rings. The van der Waals surface area contributed by atoms with E-state index >= 15 is 0 Å². The van der Waals surface area contributed by atoms with Gasteiger partial charge in [-0.15, -0.1) is 0 Å². The Kier molecular flexibility index (Phi) is 2.53. The summed E-state index contributed by atoms with van der Waals surface area (Å²) in [5.74, 6) is -0.239. The topological polar surface area (TPSA) is 80.0 Å². The van der Waals surface area contributed by atoms with Gasteiger partial charge in [-0.05, 0) is 17.7 Å². The number of hydrogen-bond acceptors (Lipinski definition) is 5. The summed E-state index contributed by atoms with van der Waals surface area (Å²) in [4.78, 5) is 14.7. The number of carbonyl (C=O) groups is 1. The number of nitrogens with one attached hydrogen (secondary N) is 2. The predicted octanol–water partition coefficient (Wildman–Crippen LogP) is -0.670. The summed E-state index contributed by atoms with van der Waals surface area (Å²) in [6.45, 7) is 0. The number of hydrogen-bond donors (Lipinski definition) is 3. The average molecular weight is 192 g/mol. The minimum Gasteiger partial charge on any atom is -0.314 e. The van der Waals surface area contributed by atoms with E-state index in [9.17, 15) is 4.79 Å². The second kappa shape index (κ2) is 3.83. The van der Waals surface area contributed by atoms with Crippen molar-refractivity contribution >= 4 is 6.29 Å². The zero-order valence-electron chi connectivity index (χ0n) is 7.55. The van der Waals surface area contributed by atoms with E-state index in [-0.39, 0.29) is 18.1 Å². The Labute approximate surface area is 81.7 Å². The molecule has 1 saturated heterocycles. The molecule has 1 aromatic rings. The summed E-state index contributed by atoms with van der Waals surface area (Å²) in [6.07, 6.45) is 3.94. The molecular formula is C9H12N4O. The molecule has 2 rings (SSSR count). The summed E-state index contributed by atoms with van der Waals surface area (Å²) in [5.41, 5.74) is 12.5. The minimum atomic E-state index is -0.328. The van der Waals surface area contributed by atoms with Crippen LogP contribution in [0.2, 0.25) is 0 Å². The first-order valence-corrected chi connectivity index (χ1v) is 4.45. The molecule has 0 aliphatic carbocycles. The highest BCUT2D eigenvalue weighted by Crippen LogP contribution is 2.24. The molecule has 0 spiro atoms. The Morgan fingerprint density at radius 1 is 1.36 bits per heavy atom. The first kappa shape index (κ1) is 9.26. The SMILES string of the molecule is NC1NNC(c2ccncc2)C1C=O. The van der Waals surface area contributed by atoms with Crippen LogP contribution in [0.25, 0.3) is 0 Å². The Morgan fingerprint density at radius 2 is 2.07 bits per heavy atom. The molecular weight excluding hydrogens is 180 g/mol. The molecule has 5 nitrogen and oxygen atoms in total. The number of nitrogens with zero attached hydrogens (tertiary/aromatic N) is 1. The molecule has 0 radical (unpaired) electrons. The Morgan fingerprint density at radius 3 is 2.71 bits per heavy atom. The van der Waals surface area contributed by atoms with Gasteiger partial charge in [-0.25, -0.2) is 10.9 Å². The lowest BCUT2D eigenvalue weighted by atomic mass is 9.95. The fourth-order valence-corrected chi connectivity index (χ4v) is 1.63. The molecule has 4 N–H and O–H groups in total. The number of aromatic nitrogens is 1. The summed E-state index contributed by atoms with van der Waals surface area (Å²) < 4.78 is 0. The molecule has 14 heavy (non-hydrogen) atoms. The van der Waals surface area contributed by atoms with Crippen LogP contribution in [0.1, 0.15) is 11.6 Å². The first-order chi connectivity index (χ1) is 6.83. The van der Waals surface area contributed by atoms with Crippen LogP contribution in [0.4, 0.5) is 0 Å². The van der Waals surface area contributed by atoms with Crippen LogP contribution in [0.15, 0.2) is 24.5 Å². The number of nitrogens with two attached hydrogens (primary N) is 1. The Bertz CT molecular complexity index is 316. The third-order valence-corrected chi connectivity index (χ3v) is 2.43. The van der Waals surface area contributed by atoms with Crippen molar-refractivity contribution in [2.24, 2.45) is 11.7 Å². The molecule has 0 saturated carbocycles. The van der Waals surface area contributed by atoms with E-state index in [1.54, 1.807) is 12.4 Å². The molecule has 2 heterocycles. The average Bonchev–Trinajstić information content (AvgIpc) is 2.61. The van der Waals surface area contributed by atoms with E-state index in [1.807, 2.05) is 12.1 Å². The molecule has 0 amide bonds. The highest BCUT2D eigenvalue weighted by molar-refractivity contribution is 5.57. The molecule has 3 unspecified atom stereocenters. The summed E-state index contributed by atoms with van der Waals surface area (Å²) in [6, 6.07) is 3.67. The van der Waals surface area contributed by atoms with Gasteiger partial charge in [-0.2, -0.15) is 0 Å². The summed E-state index contributed by atoms with van der Waals surface area (Å²) >= 11 is 0. The quantitative estimate of drug-likeness (QED) is 0.541. The van der Waals surface area contributed by atoms with Gasteiger partial charge in [0.15, 0.2) is 0 Å². The highest BCUT2D eigenvalue weighted by atomic mass is 16.1. The molecule has 1 aromatic heterocycles. The van der Waals surface area contributed by atoms with Gasteiger partial charge in [0.2, 0.25) is 0 Å². The van der Waals surface area contributed by atoms with E-state index < -0.39 is 0 Å². The minimum absolute atomic E-state index is 0.0644. The maximum Gasteiger partial charge on any atom is 0.127 e. The number of aldehydes is 1. The lowest BCUT2D eigenvalue weighted by Crippen LogP contribution is -2.39. The fourth-order valence-electron chi connectivity index (χ4n) is 1.63. The third kappa shape index (κ3) is 1.52. The van der Waals surface area contributed by atoms with Gasteiger partial charge in [-0.1, -0.05) is 0 Å². The van der Waals surface area contributed by atoms with Crippen LogP contribution in [0, 0.1) is 5.92 Å². The number of rotatable bonds is 2. The van der Waals surface area contributed by atoms with Crippen molar-refractivity contribution in [2.45, 2.75) is 12.2 Å². The number of hydrazine groups is 1. The standard InChI is InChI=1S/C9H12N4O/c10-9-7(5-14)8(12-13-9)6-1-3-11-4-2-6/h1-5,7-9,12-13H,10H2. The molecule has 3 atom stereocenters. The van der Waals surface area contributed by atoms with Crippen molar-refractivity contribution in [3.63, 3.8) is 0 Å². The maximum absolute atomic E-state index is 10.8. The predicted molar refractivity (Wildman–Crippen MR) is 50.8 cm³/mol. The smallest absolute Gasteiger partial charge is 0.127 e. The van der Waals surface area contributed by atoms with Gasteiger partial charge in [0.05, 0.1) is 18.1 Å². The van der Waals surface area contributed by atoms with E-state index in [2.05, 4.69) is 15.8 Å². The van der Waals surface area contributed by atoms with E-state index in [0.29, 0.717) is 0 Å². The fraction of sp³-hybridized carbons (Fsp3) is 0.333. The van der Waals surface area contributed by atoms with Crippen molar-refractivity contribution in [3.05, 3.63) is 30.1 Å². The Hall–Kier alpha value is -1.30. The van der Waals surface area contributed by atoms with Crippen molar-refractivity contribution < 1.29 is 4.79 Å². The monoisotopic (exact) mass is 192 g/mol. The second-order valence-electron chi connectivity index (χ2n) is 3.29. The van der Waals surface area contributed by atoms with Gasteiger partial charge in [0.1, 0.15) is 6.29 Å². The van der Waals surface area contributed by atoms with E-state index in [4.69, 9.17) is 5.73 Å². The molecule has 0 aromatic carbocycles.